The number of nitrogens with one attached hydrogen (secondary N) is 2. The summed E-state index contributed by atoms with van der Waals surface area (Å²) >= 11 is 1.30. The van der Waals surface area contributed by atoms with Crippen LogP contribution in [0.3, 0.4) is 0 Å². The first-order valence-electron chi connectivity index (χ1n) is 7.78. The van der Waals surface area contributed by atoms with Gasteiger partial charge in [0, 0.05) is 19.5 Å². The van der Waals surface area contributed by atoms with Gasteiger partial charge in [0.15, 0.2) is 10.8 Å². The summed E-state index contributed by atoms with van der Waals surface area (Å²) in [5, 5.41) is 10.5. The van der Waals surface area contributed by atoms with Crippen molar-refractivity contribution in [3.63, 3.8) is 0 Å². The maximum atomic E-state index is 12.5. The topological polar surface area (TPSA) is 106 Å². The van der Waals surface area contributed by atoms with Gasteiger partial charge in [0.05, 0.1) is 30.2 Å². The quantitative estimate of drug-likeness (QED) is 0.669. The van der Waals surface area contributed by atoms with Gasteiger partial charge in [-0.3, -0.25) is 9.89 Å². The van der Waals surface area contributed by atoms with Gasteiger partial charge >= 0.3 is 0 Å². The first-order valence-corrected chi connectivity index (χ1v) is 8.60. The zero-order valence-corrected chi connectivity index (χ0v) is 14.8. The molecule has 0 saturated carbocycles. The van der Waals surface area contributed by atoms with Gasteiger partial charge in [0.1, 0.15) is 4.88 Å². The van der Waals surface area contributed by atoms with Crippen molar-refractivity contribution < 1.29 is 9.53 Å². The molecule has 3 rings (SSSR count). The summed E-state index contributed by atoms with van der Waals surface area (Å²) in [6, 6.07) is 3.61. The number of methoxy groups -OCH3 is 1. The largest absolute Gasteiger partial charge is 0.378 e. The molecule has 0 fully saturated rings. The number of carbonyl (C=O) groups excluding carboxylic acids is 1. The molecule has 0 atom stereocenters. The lowest BCUT2D eigenvalue weighted by Gasteiger charge is -2.02. The van der Waals surface area contributed by atoms with Crippen molar-refractivity contribution >= 4 is 17.2 Å². The Morgan fingerprint density at radius 2 is 2.16 bits per heavy atom. The lowest BCUT2D eigenvalue weighted by Crippen LogP contribution is -2.23. The average Bonchev–Trinajstić information content (AvgIpc) is 3.27. The molecule has 0 saturated heterocycles. The van der Waals surface area contributed by atoms with E-state index in [9.17, 15) is 4.79 Å². The molecule has 0 spiro atoms. The molecule has 0 aromatic carbocycles. The van der Waals surface area contributed by atoms with Crippen LogP contribution in [0.5, 0.6) is 0 Å². The van der Waals surface area contributed by atoms with Crippen LogP contribution in [0.1, 0.15) is 33.7 Å². The van der Waals surface area contributed by atoms with Crippen LogP contribution in [0.15, 0.2) is 24.5 Å². The Morgan fingerprint density at radius 1 is 1.36 bits per heavy atom. The summed E-state index contributed by atoms with van der Waals surface area (Å²) in [7, 11) is 1.61. The number of hydrogen-bond acceptors (Lipinski definition) is 7. The lowest BCUT2D eigenvalue weighted by atomic mass is 10.3. The van der Waals surface area contributed by atoms with Crippen molar-refractivity contribution in [3.8, 4) is 10.8 Å². The number of H-pyrrole nitrogens is 1. The van der Waals surface area contributed by atoms with E-state index in [0.29, 0.717) is 35.3 Å². The molecule has 3 aromatic heterocycles. The van der Waals surface area contributed by atoms with Crippen LogP contribution in [0.2, 0.25) is 0 Å². The van der Waals surface area contributed by atoms with Crippen LogP contribution in [0.25, 0.3) is 10.8 Å². The fourth-order valence-corrected chi connectivity index (χ4v) is 3.27. The summed E-state index contributed by atoms with van der Waals surface area (Å²) in [5.41, 5.74) is 2.35. The van der Waals surface area contributed by atoms with Crippen LogP contribution < -0.4 is 5.32 Å². The predicted octanol–water partition coefficient (Wildman–Crippen LogP) is 1.96. The molecule has 0 bridgehead atoms. The Labute approximate surface area is 148 Å². The summed E-state index contributed by atoms with van der Waals surface area (Å²) in [4.78, 5) is 26.0. The van der Waals surface area contributed by atoms with Crippen LogP contribution in [0, 0.1) is 0 Å². The van der Waals surface area contributed by atoms with Gasteiger partial charge in [-0.25, -0.2) is 15.0 Å². The van der Waals surface area contributed by atoms with E-state index >= 15 is 0 Å². The maximum Gasteiger partial charge on any atom is 0.263 e. The molecule has 2 N–H and O–H groups in total. The van der Waals surface area contributed by atoms with Crippen molar-refractivity contribution in [3.05, 3.63) is 46.5 Å². The maximum absolute atomic E-state index is 12.5. The third-order valence-electron chi connectivity index (χ3n) is 3.41. The van der Waals surface area contributed by atoms with Crippen molar-refractivity contribution in [2.45, 2.75) is 26.5 Å². The van der Waals surface area contributed by atoms with Crippen LogP contribution >= 0.6 is 11.3 Å². The Kier molecular flexibility index (Phi) is 5.46. The zero-order chi connectivity index (χ0) is 17.6. The number of thiazole rings is 1. The van der Waals surface area contributed by atoms with Gasteiger partial charge in [-0.05, 0) is 18.6 Å². The molecule has 0 aliphatic carbocycles. The highest BCUT2D eigenvalue weighted by Crippen LogP contribution is 2.26. The number of amides is 1. The van der Waals surface area contributed by atoms with E-state index in [-0.39, 0.29) is 5.91 Å². The molecule has 0 aliphatic rings. The van der Waals surface area contributed by atoms with Gasteiger partial charge in [0.25, 0.3) is 5.91 Å². The molecule has 0 aliphatic heterocycles. The minimum atomic E-state index is -0.167. The highest BCUT2D eigenvalue weighted by Gasteiger charge is 2.19. The van der Waals surface area contributed by atoms with Crippen molar-refractivity contribution in [1.29, 1.82) is 0 Å². The van der Waals surface area contributed by atoms with Crippen LogP contribution in [-0.4, -0.2) is 38.2 Å². The second-order valence-corrected chi connectivity index (χ2v) is 6.22. The summed E-state index contributed by atoms with van der Waals surface area (Å²) in [6.07, 6.45) is 3.98. The lowest BCUT2D eigenvalue weighted by molar-refractivity contribution is 0.0953. The van der Waals surface area contributed by atoms with E-state index in [4.69, 9.17) is 4.74 Å². The number of aromatic nitrogens is 5. The SMILES string of the molecule is CCc1nc(-c2ncccn2)sc1C(=O)NCc1cc(COC)n[nH]1. The van der Waals surface area contributed by atoms with Gasteiger partial charge in [-0.15, -0.1) is 11.3 Å². The summed E-state index contributed by atoms with van der Waals surface area (Å²) < 4.78 is 5.02. The second kappa shape index (κ2) is 7.95. The van der Waals surface area contributed by atoms with Gasteiger partial charge in [0.2, 0.25) is 0 Å². The monoisotopic (exact) mass is 358 g/mol. The minimum absolute atomic E-state index is 0.167. The Bertz CT molecular complexity index is 845. The van der Waals surface area contributed by atoms with E-state index in [1.807, 2.05) is 13.0 Å². The zero-order valence-electron chi connectivity index (χ0n) is 13.9. The van der Waals surface area contributed by atoms with Crippen molar-refractivity contribution in [1.82, 2.24) is 30.5 Å². The van der Waals surface area contributed by atoms with E-state index in [1.165, 1.54) is 11.3 Å². The fraction of sp³-hybridized carbons (Fsp3) is 0.312. The van der Waals surface area contributed by atoms with Gasteiger partial charge < -0.3 is 10.1 Å². The fourth-order valence-electron chi connectivity index (χ4n) is 2.25. The third kappa shape index (κ3) is 4.06. The first-order chi connectivity index (χ1) is 12.2. The molecule has 3 heterocycles. The van der Waals surface area contributed by atoms with Crippen molar-refractivity contribution in [2.75, 3.05) is 7.11 Å². The minimum Gasteiger partial charge on any atom is -0.378 e. The average molecular weight is 358 g/mol. The van der Waals surface area contributed by atoms with Crippen molar-refractivity contribution in [2.24, 2.45) is 0 Å². The first kappa shape index (κ1) is 17.2. The number of carbonyl (C=O) groups is 1. The second-order valence-electron chi connectivity index (χ2n) is 5.22. The molecular formula is C16H18N6O2S. The molecule has 0 radical (unpaired) electrons. The summed E-state index contributed by atoms with van der Waals surface area (Å²) in [6.45, 7) is 2.75. The number of nitrogens with zero attached hydrogens (tertiary/aromatic N) is 4. The third-order valence-corrected chi connectivity index (χ3v) is 4.50. The van der Waals surface area contributed by atoms with Gasteiger partial charge in [-0.2, -0.15) is 5.10 Å². The predicted molar refractivity (Wildman–Crippen MR) is 93.0 cm³/mol. The standard InChI is InChI=1S/C16H18N6O2S/c1-3-12-13(25-16(20-12)14-17-5-4-6-18-14)15(23)19-8-10-7-11(9-24-2)22-21-10/h4-7H,3,8-9H2,1-2H3,(H,19,23)(H,21,22). The highest BCUT2D eigenvalue weighted by atomic mass is 32.1. The summed E-state index contributed by atoms with van der Waals surface area (Å²) in [5.74, 6) is 0.360. The number of aromatic amines is 1. The molecule has 3 aromatic rings. The Hall–Kier alpha value is -2.65. The molecule has 130 valence electrons. The molecule has 8 nitrogen and oxygen atoms in total. The molecule has 1 amide bonds. The number of rotatable bonds is 7. The Balaban J connectivity index is 1.71. The number of aryl methyl sites for hydroxylation is 1. The van der Waals surface area contributed by atoms with Gasteiger partial charge in [-0.1, -0.05) is 6.92 Å². The van der Waals surface area contributed by atoms with Crippen LogP contribution in [0.4, 0.5) is 0 Å². The Morgan fingerprint density at radius 3 is 2.88 bits per heavy atom. The van der Waals surface area contributed by atoms with Crippen LogP contribution in [-0.2, 0) is 24.3 Å². The molecule has 9 heteroatoms. The number of hydrogen-bond donors (Lipinski definition) is 2. The van der Waals surface area contributed by atoms with E-state index in [2.05, 4.69) is 30.5 Å². The smallest absolute Gasteiger partial charge is 0.263 e. The highest BCUT2D eigenvalue weighted by molar-refractivity contribution is 7.17. The molecular weight excluding hydrogens is 340 g/mol. The van der Waals surface area contributed by atoms with E-state index in [1.54, 1.807) is 25.6 Å². The molecule has 0 unspecified atom stereocenters. The van der Waals surface area contributed by atoms with E-state index in [0.717, 1.165) is 17.1 Å². The normalized spacial score (nSPS) is 10.8. The number of ether oxygens (including phenoxy) is 1. The molecule has 25 heavy (non-hydrogen) atoms. The van der Waals surface area contributed by atoms with E-state index < -0.39 is 0 Å².